The Bertz CT molecular complexity index is 465. The predicted molar refractivity (Wildman–Crippen MR) is 98.1 cm³/mol. The molecule has 1 aromatic carbocycles. The average Bonchev–Trinajstić information content (AvgIpc) is 2.54. The highest BCUT2D eigenvalue weighted by Crippen LogP contribution is 2.31. The molecule has 2 nitrogen and oxygen atoms in total. The van der Waals surface area contributed by atoms with Crippen LogP contribution in [0.2, 0.25) is 0 Å². The highest BCUT2D eigenvalue weighted by molar-refractivity contribution is 5.48. The smallest absolute Gasteiger partial charge is 0.0726 e. The van der Waals surface area contributed by atoms with Crippen LogP contribution in [0.3, 0.4) is 0 Å². The fourth-order valence-corrected chi connectivity index (χ4v) is 4.25. The van der Waals surface area contributed by atoms with Crippen molar-refractivity contribution in [2.45, 2.75) is 71.5 Å². The van der Waals surface area contributed by atoms with Crippen molar-refractivity contribution in [1.82, 2.24) is 0 Å². The van der Waals surface area contributed by atoms with E-state index < -0.39 is 0 Å². The molecular weight excluding hydrogens is 282 g/mol. The zero-order valence-corrected chi connectivity index (χ0v) is 15.1. The second-order valence-electron chi connectivity index (χ2n) is 7.99. The van der Waals surface area contributed by atoms with Crippen LogP contribution in [0.5, 0.6) is 0 Å². The van der Waals surface area contributed by atoms with E-state index >= 15 is 0 Å². The molecule has 0 aromatic heterocycles. The van der Waals surface area contributed by atoms with Crippen molar-refractivity contribution >= 4 is 5.69 Å². The van der Waals surface area contributed by atoms with E-state index in [2.05, 4.69) is 49.9 Å². The third-order valence-electron chi connectivity index (χ3n) is 5.70. The van der Waals surface area contributed by atoms with Gasteiger partial charge in [0.1, 0.15) is 0 Å². The Morgan fingerprint density at radius 1 is 0.913 bits per heavy atom. The van der Waals surface area contributed by atoms with Gasteiger partial charge < -0.3 is 9.64 Å². The summed E-state index contributed by atoms with van der Waals surface area (Å²) >= 11 is 0. The number of rotatable bonds is 4. The molecular formula is C21H33NO. The number of anilines is 1. The molecule has 0 N–H and O–H groups in total. The maximum atomic E-state index is 5.83. The molecule has 0 radical (unpaired) electrons. The molecule has 23 heavy (non-hydrogen) atoms. The molecule has 0 amide bonds. The zero-order valence-electron chi connectivity index (χ0n) is 15.1. The molecule has 2 heteroatoms. The highest BCUT2D eigenvalue weighted by Gasteiger charge is 2.22. The molecule has 2 aliphatic rings. The molecule has 0 unspecified atom stereocenters. The maximum Gasteiger partial charge on any atom is 0.0726 e. The topological polar surface area (TPSA) is 12.5 Å². The Balaban J connectivity index is 1.51. The fraction of sp³-hybridized carbons (Fsp3) is 0.714. The number of hydrogen-bond acceptors (Lipinski definition) is 2. The minimum Gasteiger partial charge on any atom is -0.372 e. The lowest BCUT2D eigenvalue weighted by molar-refractivity contribution is -0.00521. The molecule has 1 aliphatic carbocycles. The summed E-state index contributed by atoms with van der Waals surface area (Å²) in [5.41, 5.74) is 2.85. The predicted octanol–water partition coefficient (Wildman–Crippen LogP) is 5.06. The summed E-state index contributed by atoms with van der Waals surface area (Å²) in [4.78, 5) is 2.46. The van der Waals surface area contributed by atoms with Gasteiger partial charge in [0.2, 0.25) is 0 Å². The van der Waals surface area contributed by atoms with Gasteiger partial charge in [-0.05, 0) is 56.2 Å². The Hall–Kier alpha value is -1.02. The van der Waals surface area contributed by atoms with Crippen LogP contribution >= 0.6 is 0 Å². The van der Waals surface area contributed by atoms with Crippen molar-refractivity contribution in [3.05, 3.63) is 29.8 Å². The number of ether oxygens (including phenoxy) is 1. The summed E-state index contributed by atoms with van der Waals surface area (Å²) in [6, 6.07) is 9.29. The molecule has 2 atom stereocenters. The average molecular weight is 316 g/mol. The number of aryl methyl sites for hydroxylation is 1. The van der Waals surface area contributed by atoms with Crippen LogP contribution in [-0.4, -0.2) is 25.3 Å². The van der Waals surface area contributed by atoms with E-state index in [4.69, 9.17) is 4.74 Å². The normalized spacial score (nSPS) is 32.0. The number of hydrogen-bond donors (Lipinski definition) is 0. The Kier molecular flexibility index (Phi) is 5.63. The molecule has 1 aromatic rings. The Morgan fingerprint density at radius 2 is 1.52 bits per heavy atom. The Morgan fingerprint density at radius 3 is 2.13 bits per heavy atom. The molecule has 0 spiro atoms. The molecule has 0 bridgehead atoms. The van der Waals surface area contributed by atoms with Crippen LogP contribution in [0, 0.1) is 11.8 Å². The second-order valence-corrected chi connectivity index (χ2v) is 7.99. The molecule has 1 aliphatic heterocycles. The van der Waals surface area contributed by atoms with E-state index in [1.807, 2.05) is 0 Å². The van der Waals surface area contributed by atoms with E-state index in [9.17, 15) is 0 Å². The van der Waals surface area contributed by atoms with Gasteiger partial charge in [-0.25, -0.2) is 0 Å². The first kappa shape index (κ1) is 16.8. The number of morpholine rings is 1. The lowest BCUT2D eigenvalue weighted by Gasteiger charge is -2.37. The van der Waals surface area contributed by atoms with Crippen LogP contribution in [-0.2, 0) is 11.2 Å². The van der Waals surface area contributed by atoms with Gasteiger partial charge in [-0.15, -0.1) is 0 Å². The zero-order chi connectivity index (χ0) is 16.2. The number of benzene rings is 1. The first-order valence-corrected chi connectivity index (χ1v) is 9.59. The van der Waals surface area contributed by atoms with E-state index in [1.54, 1.807) is 0 Å². The van der Waals surface area contributed by atoms with Crippen LogP contribution in [0.15, 0.2) is 24.3 Å². The van der Waals surface area contributed by atoms with Gasteiger partial charge in [0.25, 0.3) is 0 Å². The molecule has 1 saturated carbocycles. The minimum atomic E-state index is 0.326. The largest absolute Gasteiger partial charge is 0.372 e. The van der Waals surface area contributed by atoms with Crippen molar-refractivity contribution in [3.63, 3.8) is 0 Å². The molecule has 1 heterocycles. The van der Waals surface area contributed by atoms with Crippen molar-refractivity contribution in [1.29, 1.82) is 0 Å². The van der Waals surface area contributed by atoms with Crippen molar-refractivity contribution in [2.24, 2.45) is 11.8 Å². The van der Waals surface area contributed by atoms with E-state index in [0.717, 1.165) is 24.9 Å². The minimum absolute atomic E-state index is 0.326. The van der Waals surface area contributed by atoms with Crippen LogP contribution < -0.4 is 4.90 Å². The quantitative estimate of drug-likeness (QED) is 0.770. The second kappa shape index (κ2) is 7.70. The van der Waals surface area contributed by atoms with Gasteiger partial charge in [0.15, 0.2) is 0 Å². The SMILES string of the molecule is CC1CCC(CCc2ccc(N3C[C@@H](C)O[C@@H](C)C3)cc2)CC1. The van der Waals surface area contributed by atoms with Crippen molar-refractivity contribution in [2.75, 3.05) is 18.0 Å². The van der Waals surface area contributed by atoms with E-state index in [1.165, 1.54) is 49.8 Å². The van der Waals surface area contributed by atoms with Gasteiger partial charge in [0.05, 0.1) is 12.2 Å². The third-order valence-corrected chi connectivity index (χ3v) is 5.70. The fourth-order valence-electron chi connectivity index (χ4n) is 4.25. The Labute approximate surface area is 142 Å². The summed E-state index contributed by atoms with van der Waals surface area (Å²) < 4.78 is 5.83. The standard InChI is InChI=1S/C21H33NO/c1-16-4-6-19(7-5-16)8-9-20-10-12-21(13-11-20)22-14-17(2)23-18(3)15-22/h10-13,16-19H,4-9,14-15H2,1-3H3/t16?,17-,18+,19?. The third kappa shape index (κ3) is 4.73. The summed E-state index contributed by atoms with van der Waals surface area (Å²) in [7, 11) is 0. The lowest BCUT2D eigenvalue weighted by atomic mass is 9.80. The van der Waals surface area contributed by atoms with Crippen molar-refractivity contribution in [3.8, 4) is 0 Å². The van der Waals surface area contributed by atoms with Gasteiger partial charge in [0, 0.05) is 18.8 Å². The highest BCUT2D eigenvalue weighted by atomic mass is 16.5. The van der Waals surface area contributed by atoms with Crippen LogP contribution in [0.1, 0.15) is 58.4 Å². The van der Waals surface area contributed by atoms with Crippen molar-refractivity contribution < 1.29 is 4.74 Å². The monoisotopic (exact) mass is 315 g/mol. The summed E-state index contributed by atoms with van der Waals surface area (Å²) in [5.74, 6) is 1.93. The summed E-state index contributed by atoms with van der Waals surface area (Å²) in [6.07, 6.45) is 9.05. The van der Waals surface area contributed by atoms with Gasteiger partial charge in [-0.2, -0.15) is 0 Å². The van der Waals surface area contributed by atoms with Crippen LogP contribution in [0.25, 0.3) is 0 Å². The molecule has 1 saturated heterocycles. The molecule has 2 fully saturated rings. The van der Waals surface area contributed by atoms with Crippen LogP contribution in [0.4, 0.5) is 5.69 Å². The van der Waals surface area contributed by atoms with E-state index in [0.29, 0.717) is 12.2 Å². The molecule has 128 valence electrons. The lowest BCUT2D eigenvalue weighted by Crippen LogP contribution is -2.45. The number of nitrogens with zero attached hydrogens (tertiary/aromatic N) is 1. The van der Waals surface area contributed by atoms with Gasteiger partial charge >= 0.3 is 0 Å². The first-order valence-electron chi connectivity index (χ1n) is 9.59. The van der Waals surface area contributed by atoms with Gasteiger partial charge in [-0.1, -0.05) is 44.7 Å². The van der Waals surface area contributed by atoms with E-state index in [-0.39, 0.29) is 0 Å². The first-order chi connectivity index (χ1) is 11.1. The summed E-state index contributed by atoms with van der Waals surface area (Å²) in [6.45, 7) is 8.75. The molecule has 3 rings (SSSR count). The maximum absolute atomic E-state index is 5.83. The summed E-state index contributed by atoms with van der Waals surface area (Å²) in [5, 5.41) is 0. The van der Waals surface area contributed by atoms with Gasteiger partial charge in [-0.3, -0.25) is 0 Å².